The lowest BCUT2D eigenvalue weighted by atomic mass is 10.1. The van der Waals surface area contributed by atoms with Crippen molar-refractivity contribution < 1.29 is 9.53 Å². The topological polar surface area (TPSA) is 68.5 Å². The molecule has 2 N–H and O–H groups in total. The third-order valence-electron chi connectivity index (χ3n) is 3.25. The molecule has 1 atom stereocenters. The van der Waals surface area contributed by atoms with Crippen LogP contribution in [-0.4, -0.2) is 42.1 Å². The van der Waals surface area contributed by atoms with Gasteiger partial charge in [0.2, 0.25) is 0 Å². The number of aromatic nitrogens is 1. The van der Waals surface area contributed by atoms with E-state index in [1.54, 1.807) is 17.0 Å². The van der Waals surface area contributed by atoms with Crippen LogP contribution >= 0.6 is 11.6 Å². The monoisotopic (exact) mass is 283 g/mol. The van der Waals surface area contributed by atoms with Crippen molar-refractivity contribution in [2.24, 2.45) is 5.92 Å². The van der Waals surface area contributed by atoms with Gasteiger partial charge in [-0.2, -0.15) is 0 Å². The Morgan fingerprint density at radius 2 is 2.42 bits per heavy atom. The number of hydrogen-bond donors (Lipinski definition) is 1. The Morgan fingerprint density at radius 1 is 1.63 bits per heavy atom. The van der Waals surface area contributed by atoms with Crippen molar-refractivity contribution in [3.8, 4) is 0 Å². The molecule has 2 heterocycles. The summed E-state index contributed by atoms with van der Waals surface area (Å²) in [6.45, 7) is 4.82. The quantitative estimate of drug-likeness (QED) is 0.856. The molecule has 1 aromatic heterocycles. The fourth-order valence-corrected chi connectivity index (χ4v) is 2.39. The van der Waals surface area contributed by atoms with Gasteiger partial charge < -0.3 is 15.4 Å². The minimum Gasteiger partial charge on any atom is -0.383 e. The van der Waals surface area contributed by atoms with Gasteiger partial charge in [0.15, 0.2) is 0 Å². The number of likely N-dealkylation sites (tertiary alicyclic amines) is 1. The number of nitrogen functional groups attached to an aromatic ring is 1. The van der Waals surface area contributed by atoms with Gasteiger partial charge in [0.1, 0.15) is 11.0 Å². The lowest BCUT2D eigenvalue weighted by Gasteiger charge is -2.17. The number of anilines is 1. The molecule has 6 heteroatoms. The highest BCUT2D eigenvalue weighted by Gasteiger charge is 2.28. The fraction of sp³-hybridized carbons (Fsp3) is 0.538. The standard InChI is InChI=1S/C13H18ClN3O2/c1-2-19-8-9-5-6-17(7-9)13(18)10-3-4-11(14)16-12(10)15/h3-4,9H,2,5-8H2,1H3,(H2,15,16). The van der Waals surface area contributed by atoms with Crippen LogP contribution in [0.2, 0.25) is 5.15 Å². The van der Waals surface area contributed by atoms with E-state index in [-0.39, 0.29) is 11.7 Å². The molecule has 0 radical (unpaired) electrons. The summed E-state index contributed by atoms with van der Waals surface area (Å²) in [6, 6.07) is 3.21. The zero-order valence-electron chi connectivity index (χ0n) is 10.9. The van der Waals surface area contributed by atoms with Crippen molar-refractivity contribution in [1.29, 1.82) is 0 Å². The second-order valence-electron chi connectivity index (χ2n) is 4.63. The van der Waals surface area contributed by atoms with Crippen LogP contribution < -0.4 is 5.73 Å². The van der Waals surface area contributed by atoms with E-state index in [2.05, 4.69) is 4.98 Å². The number of ether oxygens (including phenoxy) is 1. The van der Waals surface area contributed by atoms with Gasteiger partial charge in [-0.05, 0) is 25.5 Å². The zero-order chi connectivity index (χ0) is 13.8. The van der Waals surface area contributed by atoms with Crippen LogP contribution in [0.1, 0.15) is 23.7 Å². The van der Waals surface area contributed by atoms with Crippen molar-refractivity contribution in [3.05, 3.63) is 22.8 Å². The first-order valence-electron chi connectivity index (χ1n) is 6.40. The van der Waals surface area contributed by atoms with Crippen molar-refractivity contribution >= 4 is 23.3 Å². The molecular formula is C13H18ClN3O2. The average Bonchev–Trinajstić information content (AvgIpc) is 2.84. The van der Waals surface area contributed by atoms with E-state index in [4.69, 9.17) is 22.1 Å². The largest absolute Gasteiger partial charge is 0.383 e. The number of nitrogens with two attached hydrogens (primary N) is 1. The van der Waals surface area contributed by atoms with Crippen molar-refractivity contribution in [3.63, 3.8) is 0 Å². The third-order valence-corrected chi connectivity index (χ3v) is 3.46. The fourth-order valence-electron chi connectivity index (χ4n) is 2.24. The van der Waals surface area contributed by atoms with Crippen molar-refractivity contribution in [2.75, 3.05) is 32.0 Å². The van der Waals surface area contributed by atoms with Gasteiger partial charge in [-0.1, -0.05) is 11.6 Å². The number of carbonyl (C=O) groups is 1. The molecular weight excluding hydrogens is 266 g/mol. The van der Waals surface area contributed by atoms with Crippen LogP contribution in [0.4, 0.5) is 5.82 Å². The number of rotatable bonds is 4. The first kappa shape index (κ1) is 14.1. The van der Waals surface area contributed by atoms with E-state index in [0.29, 0.717) is 36.4 Å². The number of nitrogens with zero attached hydrogens (tertiary/aromatic N) is 2. The van der Waals surface area contributed by atoms with Crippen LogP contribution in [0.15, 0.2) is 12.1 Å². The Hall–Kier alpha value is -1.33. The maximum atomic E-state index is 12.3. The second-order valence-corrected chi connectivity index (χ2v) is 5.02. The van der Waals surface area contributed by atoms with E-state index in [1.807, 2.05) is 6.92 Å². The number of pyridine rings is 1. The SMILES string of the molecule is CCOCC1CCN(C(=O)c2ccc(Cl)nc2N)C1. The van der Waals surface area contributed by atoms with Gasteiger partial charge in [0, 0.05) is 25.6 Å². The number of halogens is 1. The molecule has 2 rings (SSSR count). The average molecular weight is 284 g/mol. The molecule has 1 saturated heterocycles. The molecule has 0 aromatic carbocycles. The van der Waals surface area contributed by atoms with E-state index < -0.39 is 0 Å². The second kappa shape index (κ2) is 6.21. The van der Waals surface area contributed by atoms with Crippen LogP contribution in [0.5, 0.6) is 0 Å². The first-order valence-corrected chi connectivity index (χ1v) is 6.78. The summed E-state index contributed by atoms with van der Waals surface area (Å²) in [7, 11) is 0. The highest BCUT2D eigenvalue weighted by molar-refractivity contribution is 6.29. The Balaban J connectivity index is 2.01. The van der Waals surface area contributed by atoms with Gasteiger partial charge in [-0.3, -0.25) is 4.79 Å². The highest BCUT2D eigenvalue weighted by Crippen LogP contribution is 2.21. The molecule has 1 aromatic rings. The maximum Gasteiger partial charge on any atom is 0.257 e. The normalized spacial score (nSPS) is 18.8. The summed E-state index contributed by atoms with van der Waals surface area (Å²) >= 11 is 5.73. The maximum absolute atomic E-state index is 12.3. The van der Waals surface area contributed by atoms with E-state index >= 15 is 0 Å². The van der Waals surface area contributed by atoms with Crippen LogP contribution in [-0.2, 0) is 4.74 Å². The zero-order valence-corrected chi connectivity index (χ0v) is 11.7. The smallest absolute Gasteiger partial charge is 0.257 e. The van der Waals surface area contributed by atoms with Gasteiger partial charge >= 0.3 is 0 Å². The summed E-state index contributed by atoms with van der Waals surface area (Å²) in [5, 5.41) is 0.296. The molecule has 1 unspecified atom stereocenters. The molecule has 0 spiro atoms. The lowest BCUT2D eigenvalue weighted by Crippen LogP contribution is -2.30. The third kappa shape index (κ3) is 3.36. The highest BCUT2D eigenvalue weighted by atomic mass is 35.5. The summed E-state index contributed by atoms with van der Waals surface area (Å²) in [4.78, 5) is 18.0. The van der Waals surface area contributed by atoms with Gasteiger partial charge in [0.25, 0.3) is 5.91 Å². The first-order chi connectivity index (χ1) is 9.11. The summed E-state index contributed by atoms with van der Waals surface area (Å²) < 4.78 is 5.40. The van der Waals surface area contributed by atoms with Crippen molar-refractivity contribution in [1.82, 2.24) is 9.88 Å². The summed E-state index contributed by atoms with van der Waals surface area (Å²) in [6.07, 6.45) is 0.965. The Bertz CT molecular complexity index is 467. The number of amides is 1. The Morgan fingerprint density at radius 3 is 3.11 bits per heavy atom. The van der Waals surface area contributed by atoms with Crippen LogP contribution in [0.3, 0.4) is 0 Å². The van der Waals surface area contributed by atoms with Gasteiger partial charge in [-0.25, -0.2) is 4.98 Å². The molecule has 104 valence electrons. The van der Waals surface area contributed by atoms with E-state index in [0.717, 1.165) is 13.0 Å². The molecule has 1 amide bonds. The van der Waals surface area contributed by atoms with Crippen LogP contribution in [0.25, 0.3) is 0 Å². The Kier molecular flexibility index (Phi) is 4.61. The summed E-state index contributed by atoms with van der Waals surface area (Å²) in [5.41, 5.74) is 6.16. The summed E-state index contributed by atoms with van der Waals surface area (Å²) in [5.74, 6) is 0.511. The number of carbonyl (C=O) groups excluding carboxylic acids is 1. The molecule has 0 saturated carbocycles. The molecule has 1 aliphatic heterocycles. The van der Waals surface area contributed by atoms with Crippen LogP contribution in [0, 0.1) is 5.92 Å². The molecule has 1 fully saturated rings. The van der Waals surface area contributed by atoms with Gasteiger partial charge in [-0.15, -0.1) is 0 Å². The van der Waals surface area contributed by atoms with Gasteiger partial charge in [0.05, 0.1) is 12.2 Å². The predicted molar refractivity (Wildman–Crippen MR) is 74.2 cm³/mol. The lowest BCUT2D eigenvalue weighted by molar-refractivity contribution is 0.0763. The minimum atomic E-state index is -0.0827. The minimum absolute atomic E-state index is 0.0827. The molecule has 5 nitrogen and oxygen atoms in total. The van der Waals surface area contributed by atoms with E-state index in [9.17, 15) is 4.79 Å². The molecule has 0 bridgehead atoms. The van der Waals surface area contributed by atoms with Crippen molar-refractivity contribution in [2.45, 2.75) is 13.3 Å². The predicted octanol–water partition coefficient (Wildman–Crippen LogP) is 1.82. The number of hydrogen-bond acceptors (Lipinski definition) is 4. The molecule has 0 aliphatic carbocycles. The molecule has 19 heavy (non-hydrogen) atoms. The molecule has 1 aliphatic rings. The Labute approximate surface area is 117 Å². The van der Waals surface area contributed by atoms with E-state index in [1.165, 1.54) is 0 Å².